The van der Waals surface area contributed by atoms with E-state index in [2.05, 4.69) is 33.7 Å². The second-order valence-electron chi connectivity index (χ2n) is 8.51. The highest BCUT2D eigenvalue weighted by molar-refractivity contribution is 6.07. The summed E-state index contributed by atoms with van der Waals surface area (Å²) in [7, 11) is 0. The molecule has 1 amide bonds. The molecule has 0 aliphatic heterocycles. The number of amides is 1. The second kappa shape index (κ2) is 9.02. The summed E-state index contributed by atoms with van der Waals surface area (Å²) in [6, 6.07) is 11.9. The molecule has 33 heavy (non-hydrogen) atoms. The zero-order valence-electron chi connectivity index (χ0n) is 19.7. The number of hydrogen-bond acceptors (Lipinski definition) is 4. The SMILES string of the molecule is CCC(C)n1c(C)c(C(=O)NCc2c(C)cc(C)[nH]c2=O)c2cnc(-c3ccccc3)nc21. The van der Waals surface area contributed by atoms with Gasteiger partial charge < -0.3 is 14.9 Å². The molecule has 7 heteroatoms. The van der Waals surface area contributed by atoms with Crippen LogP contribution in [0.5, 0.6) is 0 Å². The van der Waals surface area contributed by atoms with Gasteiger partial charge in [-0.25, -0.2) is 9.97 Å². The Hall–Kier alpha value is -3.74. The minimum atomic E-state index is -0.241. The van der Waals surface area contributed by atoms with Gasteiger partial charge in [-0.1, -0.05) is 37.3 Å². The predicted octanol–water partition coefficient (Wildman–Crippen LogP) is 4.61. The largest absolute Gasteiger partial charge is 0.348 e. The average Bonchev–Trinajstić information content (AvgIpc) is 3.09. The van der Waals surface area contributed by atoms with Gasteiger partial charge in [-0.2, -0.15) is 0 Å². The van der Waals surface area contributed by atoms with E-state index in [-0.39, 0.29) is 24.1 Å². The summed E-state index contributed by atoms with van der Waals surface area (Å²) in [5, 5.41) is 3.65. The normalized spacial score (nSPS) is 12.2. The first-order valence-corrected chi connectivity index (χ1v) is 11.2. The van der Waals surface area contributed by atoms with Crippen molar-refractivity contribution in [2.45, 2.75) is 53.6 Å². The standard InChI is InChI=1S/C26H29N5O2/c1-6-17(4)31-18(5)22(26(33)28-13-20-15(2)12-16(3)29-25(20)32)21-14-27-23(30-24(21)31)19-10-8-7-9-11-19/h7-12,14,17H,6,13H2,1-5H3,(H,28,33)(H,29,32). The average molecular weight is 444 g/mol. The van der Waals surface area contributed by atoms with Crippen LogP contribution in [-0.4, -0.2) is 25.4 Å². The number of nitrogens with one attached hydrogen (secondary N) is 2. The van der Waals surface area contributed by atoms with Gasteiger partial charge in [0.15, 0.2) is 5.82 Å². The van der Waals surface area contributed by atoms with Crippen LogP contribution in [0.4, 0.5) is 0 Å². The van der Waals surface area contributed by atoms with E-state index in [9.17, 15) is 9.59 Å². The van der Waals surface area contributed by atoms with Crippen LogP contribution in [0.15, 0.2) is 47.4 Å². The van der Waals surface area contributed by atoms with Crippen LogP contribution in [0.2, 0.25) is 0 Å². The smallest absolute Gasteiger partial charge is 0.254 e. The molecule has 3 heterocycles. The van der Waals surface area contributed by atoms with Gasteiger partial charge in [0.25, 0.3) is 11.5 Å². The molecule has 0 spiro atoms. The molecule has 3 aromatic heterocycles. The first-order chi connectivity index (χ1) is 15.8. The first-order valence-electron chi connectivity index (χ1n) is 11.2. The summed E-state index contributed by atoms with van der Waals surface area (Å²) in [6.07, 6.45) is 2.63. The molecule has 0 saturated heterocycles. The number of aromatic amines is 1. The van der Waals surface area contributed by atoms with Crippen LogP contribution in [0.1, 0.15) is 59.2 Å². The molecule has 0 radical (unpaired) electrons. The Labute approximate surface area is 192 Å². The van der Waals surface area contributed by atoms with Gasteiger partial charge in [-0.3, -0.25) is 9.59 Å². The molecule has 170 valence electrons. The van der Waals surface area contributed by atoms with E-state index in [1.54, 1.807) is 6.20 Å². The summed E-state index contributed by atoms with van der Waals surface area (Å²) < 4.78 is 2.11. The van der Waals surface area contributed by atoms with E-state index < -0.39 is 0 Å². The number of hydrogen-bond donors (Lipinski definition) is 2. The van der Waals surface area contributed by atoms with Gasteiger partial charge >= 0.3 is 0 Å². The number of carbonyl (C=O) groups excluding carboxylic acids is 1. The molecule has 7 nitrogen and oxygen atoms in total. The van der Waals surface area contributed by atoms with E-state index in [4.69, 9.17) is 4.98 Å². The number of H-pyrrole nitrogens is 1. The second-order valence-corrected chi connectivity index (χ2v) is 8.51. The molecule has 4 aromatic rings. The first kappa shape index (κ1) is 22.5. The molecule has 0 saturated carbocycles. The van der Waals surface area contributed by atoms with Crippen LogP contribution >= 0.6 is 0 Å². The predicted molar refractivity (Wildman–Crippen MR) is 130 cm³/mol. The van der Waals surface area contributed by atoms with Gasteiger partial charge in [0.05, 0.1) is 10.9 Å². The van der Waals surface area contributed by atoms with Crippen molar-refractivity contribution in [3.05, 3.63) is 81.0 Å². The molecule has 1 atom stereocenters. The van der Waals surface area contributed by atoms with E-state index in [0.29, 0.717) is 22.3 Å². The quantitative estimate of drug-likeness (QED) is 0.455. The fourth-order valence-corrected chi connectivity index (χ4v) is 4.30. The number of nitrogens with zero attached hydrogens (tertiary/aromatic N) is 3. The molecule has 1 aromatic carbocycles. The summed E-state index contributed by atoms with van der Waals surface area (Å²) in [6.45, 7) is 10.0. The van der Waals surface area contributed by atoms with Crippen LogP contribution in [0, 0.1) is 20.8 Å². The number of carbonyl (C=O) groups is 1. The summed E-state index contributed by atoms with van der Waals surface area (Å²) >= 11 is 0. The minimum absolute atomic E-state index is 0.151. The summed E-state index contributed by atoms with van der Waals surface area (Å²) in [4.78, 5) is 37.9. The van der Waals surface area contributed by atoms with Crippen LogP contribution in [-0.2, 0) is 6.54 Å². The Balaban J connectivity index is 1.76. The van der Waals surface area contributed by atoms with E-state index >= 15 is 0 Å². The zero-order chi connectivity index (χ0) is 23.7. The maximum atomic E-state index is 13.3. The number of benzene rings is 1. The topological polar surface area (TPSA) is 92.7 Å². The molecule has 0 aliphatic rings. The van der Waals surface area contributed by atoms with Gasteiger partial charge in [0.1, 0.15) is 5.65 Å². The number of fused-ring (bicyclic) bond motifs is 1. The van der Waals surface area contributed by atoms with Crippen molar-refractivity contribution in [3.8, 4) is 11.4 Å². The van der Waals surface area contributed by atoms with Gasteiger partial charge in [0, 0.05) is 41.3 Å². The molecule has 1 unspecified atom stereocenters. The lowest BCUT2D eigenvalue weighted by Crippen LogP contribution is -2.28. The Bertz CT molecular complexity index is 1390. The number of pyridine rings is 1. The van der Waals surface area contributed by atoms with E-state index in [0.717, 1.165) is 34.6 Å². The lowest BCUT2D eigenvalue weighted by molar-refractivity contribution is 0.0951. The van der Waals surface area contributed by atoms with Crippen molar-refractivity contribution in [1.82, 2.24) is 24.8 Å². The highest BCUT2D eigenvalue weighted by Gasteiger charge is 2.24. The highest BCUT2D eigenvalue weighted by Crippen LogP contribution is 2.30. The number of aromatic nitrogens is 4. The molecule has 0 fully saturated rings. The Morgan fingerprint density at radius 3 is 2.58 bits per heavy atom. The van der Waals surface area contributed by atoms with Crippen molar-refractivity contribution >= 4 is 16.9 Å². The Morgan fingerprint density at radius 1 is 1.18 bits per heavy atom. The number of aryl methyl sites for hydroxylation is 2. The lowest BCUT2D eigenvalue weighted by atomic mass is 10.1. The van der Waals surface area contributed by atoms with Crippen molar-refractivity contribution in [2.75, 3.05) is 0 Å². The van der Waals surface area contributed by atoms with Crippen molar-refractivity contribution in [2.24, 2.45) is 0 Å². The van der Waals surface area contributed by atoms with Crippen molar-refractivity contribution in [3.63, 3.8) is 0 Å². The fourth-order valence-electron chi connectivity index (χ4n) is 4.30. The van der Waals surface area contributed by atoms with Gasteiger partial charge in [-0.15, -0.1) is 0 Å². The van der Waals surface area contributed by atoms with E-state index in [1.807, 2.05) is 57.2 Å². The molecule has 4 rings (SSSR count). The van der Waals surface area contributed by atoms with Crippen molar-refractivity contribution < 1.29 is 4.79 Å². The molecular formula is C26H29N5O2. The van der Waals surface area contributed by atoms with Crippen molar-refractivity contribution in [1.29, 1.82) is 0 Å². The molecule has 0 aliphatic carbocycles. The zero-order valence-corrected chi connectivity index (χ0v) is 19.7. The van der Waals surface area contributed by atoms with Gasteiger partial charge in [-0.05, 0) is 45.7 Å². The maximum absolute atomic E-state index is 13.3. The maximum Gasteiger partial charge on any atom is 0.254 e. The summed E-state index contributed by atoms with van der Waals surface area (Å²) in [5.41, 5.74) is 5.08. The van der Waals surface area contributed by atoms with Gasteiger partial charge in [0.2, 0.25) is 0 Å². The molecular weight excluding hydrogens is 414 g/mol. The van der Waals surface area contributed by atoms with Crippen LogP contribution in [0.3, 0.4) is 0 Å². The molecule has 2 N–H and O–H groups in total. The lowest BCUT2D eigenvalue weighted by Gasteiger charge is -2.15. The highest BCUT2D eigenvalue weighted by atomic mass is 16.2. The molecule has 0 bridgehead atoms. The Morgan fingerprint density at radius 2 is 1.91 bits per heavy atom. The minimum Gasteiger partial charge on any atom is -0.348 e. The third kappa shape index (κ3) is 4.18. The third-order valence-corrected chi connectivity index (χ3v) is 6.20. The summed E-state index contributed by atoms with van der Waals surface area (Å²) in [5.74, 6) is 0.383. The third-order valence-electron chi connectivity index (χ3n) is 6.20. The monoisotopic (exact) mass is 443 g/mol. The Kier molecular flexibility index (Phi) is 6.14. The van der Waals surface area contributed by atoms with Crippen LogP contribution < -0.4 is 10.9 Å². The number of rotatable bonds is 6. The van der Waals surface area contributed by atoms with Crippen LogP contribution in [0.25, 0.3) is 22.4 Å². The van der Waals surface area contributed by atoms with E-state index in [1.165, 1.54) is 0 Å². The fraction of sp³-hybridized carbons (Fsp3) is 0.308.